The SMILES string of the molecule is CCC[C@H](Oc1ccc(C(=O)c2cc(CCCC(=O)O)c3cccccc2-3)cc1)c1ccc(CC(C)C)cc1. The standard InChI is InChI=1S/C35H38O4/c1-4-9-33(26-16-14-25(15-17-26)22-24(2)3)39-29-20-18-27(19-21-29)35(38)32-23-28(10-8-13-34(36)37)30-11-6-5-7-12-31(30)32/h5-7,11-12,14-21,23-24,33H,4,8-10,13,22H2,1-3H3,(H,36,37)/t33-/m0/s1. The number of carboxylic acids is 1. The zero-order chi connectivity index (χ0) is 27.8. The van der Waals surface area contributed by atoms with Crippen molar-refractivity contribution in [2.45, 2.75) is 65.4 Å². The first kappa shape index (κ1) is 28.1. The summed E-state index contributed by atoms with van der Waals surface area (Å²) in [5.74, 6) is 0.509. The van der Waals surface area contributed by atoms with Gasteiger partial charge in [0.1, 0.15) is 11.9 Å². The van der Waals surface area contributed by atoms with Crippen molar-refractivity contribution >= 4 is 11.8 Å². The molecule has 0 radical (unpaired) electrons. The summed E-state index contributed by atoms with van der Waals surface area (Å²) in [7, 11) is 0. The lowest BCUT2D eigenvalue weighted by Gasteiger charge is -2.20. The average Bonchev–Trinajstić information content (AvgIpc) is 3.07. The maximum atomic E-state index is 13.6. The summed E-state index contributed by atoms with van der Waals surface area (Å²) in [5, 5.41) is 9.03. The number of hydrogen-bond donors (Lipinski definition) is 1. The molecule has 2 aliphatic carbocycles. The molecule has 2 aromatic rings. The zero-order valence-electron chi connectivity index (χ0n) is 23.2. The number of ketones is 1. The van der Waals surface area contributed by atoms with E-state index in [0.29, 0.717) is 29.9 Å². The first-order valence-electron chi connectivity index (χ1n) is 14.0. The van der Waals surface area contributed by atoms with Gasteiger partial charge in [0, 0.05) is 17.5 Å². The van der Waals surface area contributed by atoms with Crippen LogP contribution in [0.15, 0.2) is 84.9 Å². The summed E-state index contributed by atoms with van der Waals surface area (Å²) in [6.07, 6.45) is 4.19. The molecule has 2 aliphatic rings. The van der Waals surface area contributed by atoms with Gasteiger partial charge in [0.2, 0.25) is 0 Å². The Bertz CT molecular complexity index is 1350. The first-order valence-corrected chi connectivity index (χ1v) is 14.0. The fourth-order valence-corrected chi connectivity index (χ4v) is 5.12. The molecule has 0 saturated carbocycles. The number of fused-ring (bicyclic) bond motifs is 1. The highest BCUT2D eigenvalue weighted by Crippen LogP contribution is 2.35. The van der Waals surface area contributed by atoms with E-state index in [9.17, 15) is 9.59 Å². The number of ether oxygens (including phenoxy) is 1. The minimum absolute atomic E-state index is 0.0444. The highest BCUT2D eigenvalue weighted by atomic mass is 16.5. The molecular formula is C35H38O4. The van der Waals surface area contributed by atoms with Crippen molar-refractivity contribution in [2.24, 2.45) is 5.92 Å². The fraction of sp³-hybridized carbons (Fsp3) is 0.314. The Morgan fingerprint density at radius 1 is 0.872 bits per heavy atom. The topological polar surface area (TPSA) is 63.6 Å². The Kier molecular flexibility index (Phi) is 9.54. The van der Waals surface area contributed by atoms with Crippen molar-refractivity contribution in [1.29, 1.82) is 0 Å². The molecule has 0 saturated heterocycles. The molecule has 1 N–H and O–H groups in total. The van der Waals surface area contributed by atoms with Crippen LogP contribution in [0, 0.1) is 5.92 Å². The minimum Gasteiger partial charge on any atom is -0.486 e. The number of benzene rings is 2. The molecule has 4 heteroatoms. The Morgan fingerprint density at radius 2 is 1.56 bits per heavy atom. The summed E-state index contributed by atoms with van der Waals surface area (Å²) in [5.41, 5.74) is 6.64. The van der Waals surface area contributed by atoms with Crippen molar-refractivity contribution in [2.75, 3.05) is 0 Å². The van der Waals surface area contributed by atoms with Crippen LogP contribution in [0.3, 0.4) is 0 Å². The van der Waals surface area contributed by atoms with Crippen molar-refractivity contribution in [1.82, 2.24) is 0 Å². The molecule has 0 bridgehead atoms. The molecule has 0 aromatic heterocycles. The van der Waals surface area contributed by atoms with Gasteiger partial charge < -0.3 is 9.84 Å². The average molecular weight is 523 g/mol. The number of carboxylic acid groups (broad SMARTS) is 1. The summed E-state index contributed by atoms with van der Waals surface area (Å²) >= 11 is 0. The van der Waals surface area contributed by atoms with Crippen molar-refractivity contribution in [3.05, 3.63) is 113 Å². The van der Waals surface area contributed by atoms with Gasteiger partial charge in [-0.05, 0) is 89.8 Å². The summed E-state index contributed by atoms with van der Waals surface area (Å²) < 4.78 is 6.39. The van der Waals surface area contributed by atoms with Crippen LogP contribution in [-0.2, 0) is 17.6 Å². The number of carbonyl (C=O) groups is 2. The molecule has 0 amide bonds. The second-order valence-electron chi connectivity index (χ2n) is 10.7. The largest absolute Gasteiger partial charge is 0.486 e. The predicted octanol–water partition coefficient (Wildman–Crippen LogP) is 8.55. The highest BCUT2D eigenvalue weighted by Gasteiger charge is 2.21. The van der Waals surface area contributed by atoms with Gasteiger partial charge in [-0.15, -0.1) is 0 Å². The van der Waals surface area contributed by atoms with Crippen LogP contribution in [0.2, 0.25) is 0 Å². The first-order chi connectivity index (χ1) is 18.9. The number of rotatable bonds is 13. The quantitative estimate of drug-likeness (QED) is 0.179. The number of hydrogen-bond acceptors (Lipinski definition) is 3. The van der Waals surface area contributed by atoms with Gasteiger partial charge in [-0.3, -0.25) is 9.59 Å². The molecule has 0 heterocycles. The van der Waals surface area contributed by atoms with E-state index in [2.05, 4.69) is 45.0 Å². The van der Waals surface area contributed by atoms with Gasteiger partial charge in [0.15, 0.2) is 5.78 Å². The fourth-order valence-electron chi connectivity index (χ4n) is 5.12. The lowest BCUT2D eigenvalue weighted by molar-refractivity contribution is -0.137. The normalized spacial score (nSPS) is 12.0. The van der Waals surface area contributed by atoms with Crippen molar-refractivity contribution in [3.8, 4) is 16.9 Å². The third-order valence-corrected chi connectivity index (χ3v) is 7.02. The maximum absolute atomic E-state index is 13.6. The Labute approximate surface area is 232 Å². The zero-order valence-corrected chi connectivity index (χ0v) is 23.2. The van der Waals surface area contributed by atoms with Gasteiger partial charge in [0.25, 0.3) is 0 Å². The molecule has 0 spiro atoms. The van der Waals surface area contributed by atoms with E-state index in [1.165, 1.54) is 5.56 Å². The van der Waals surface area contributed by atoms with E-state index in [-0.39, 0.29) is 18.3 Å². The van der Waals surface area contributed by atoms with Crippen molar-refractivity contribution < 1.29 is 19.4 Å². The summed E-state index contributed by atoms with van der Waals surface area (Å²) in [6, 6.07) is 27.9. The van der Waals surface area contributed by atoms with Gasteiger partial charge in [-0.1, -0.05) is 81.8 Å². The van der Waals surface area contributed by atoms with E-state index < -0.39 is 5.97 Å². The Hall–Kier alpha value is -3.92. The lowest BCUT2D eigenvalue weighted by atomic mass is 9.98. The van der Waals surface area contributed by atoms with Gasteiger partial charge in [-0.2, -0.15) is 0 Å². The number of carbonyl (C=O) groups excluding carboxylic acids is 1. The van der Waals surface area contributed by atoms with Crippen LogP contribution in [-0.4, -0.2) is 16.9 Å². The molecule has 1 atom stereocenters. The van der Waals surface area contributed by atoms with Gasteiger partial charge >= 0.3 is 5.97 Å². The molecule has 2 aromatic carbocycles. The second kappa shape index (κ2) is 13.2. The smallest absolute Gasteiger partial charge is 0.303 e. The Balaban J connectivity index is 1.52. The van der Waals surface area contributed by atoms with Crippen molar-refractivity contribution in [3.63, 3.8) is 0 Å². The lowest BCUT2D eigenvalue weighted by Crippen LogP contribution is -2.08. The molecule has 39 heavy (non-hydrogen) atoms. The van der Waals surface area contributed by atoms with E-state index in [0.717, 1.165) is 47.3 Å². The summed E-state index contributed by atoms with van der Waals surface area (Å²) in [6.45, 7) is 6.62. The summed E-state index contributed by atoms with van der Waals surface area (Å²) in [4.78, 5) is 24.6. The van der Waals surface area contributed by atoms with Crippen LogP contribution in [0.4, 0.5) is 0 Å². The molecule has 0 unspecified atom stereocenters. The third kappa shape index (κ3) is 7.35. The third-order valence-electron chi connectivity index (χ3n) is 7.02. The monoisotopic (exact) mass is 522 g/mol. The van der Waals surface area contributed by atoms with Gasteiger partial charge in [0.05, 0.1) is 0 Å². The van der Waals surface area contributed by atoms with E-state index in [1.807, 2.05) is 60.7 Å². The molecule has 202 valence electrons. The predicted molar refractivity (Wildman–Crippen MR) is 157 cm³/mol. The van der Waals surface area contributed by atoms with Gasteiger partial charge in [-0.25, -0.2) is 0 Å². The van der Waals surface area contributed by atoms with Crippen LogP contribution < -0.4 is 4.74 Å². The Morgan fingerprint density at radius 3 is 2.21 bits per heavy atom. The highest BCUT2D eigenvalue weighted by molar-refractivity contribution is 6.14. The molecule has 4 nitrogen and oxygen atoms in total. The van der Waals surface area contributed by atoms with Crippen LogP contribution in [0.5, 0.6) is 5.75 Å². The van der Waals surface area contributed by atoms with E-state index >= 15 is 0 Å². The number of aliphatic carboxylic acids is 1. The van der Waals surface area contributed by atoms with E-state index in [4.69, 9.17) is 9.84 Å². The number of aryl methyl sites for hydroxylation is 1. The van der Waals surface area contributed by atoms with Crippen LogP contribution in [0.1, 0.15) is 85.2 Å². The van der Waals surface area contributed by atoms with Crippen LogP contribution in [0.25, 0.3) is 11.1 Å². The maximum Gasteiger partial charge on any atom is 0.303 e. The second-order valence-corrected chi connectivity index (χ2v) is 10.7. The molecular weight excluding hydrogens is 484 g/mol. The minimum atomic E-state index is -0.806. The molecule has 0 aliphatic heterocycles. The molecule has 4 rings (SSSR count). The molecule has 0 fully saturated rings. The van der Waals surface area contributed by atoms with E-state index in [1.54, 1.807) is 0 Å². The van der Waals surface area contributed by atoms with Crippen LogP contribution >= 0.6 is 0 Å².